The van der Waals surface area contributed by atoms with Crippen molar-refractivity contribution in [2.45, 2.75) is 37.3 Å². The number of fused-ring (bicyclic) bond motifs is 1. The molecule has 0 aliphatic carbocycles. The number of aliphatic hydroxyl groups is 1. The lowest BCUT2D eigenvalue weighted by Gasteiger charge is -2.20. The molecule has 0 bridgehead atoms. The number of aliphatic hydroxyl groups excluding tert-OH is 1. The number of esters is 1. The van der Waals surface area contributed by atoms with Crippen LogP contribution in [0.4, 0.5) is 0 Å². The minimum Gasteiger partial charge on any atom is -0.494 e. The van der Waals surface area contributed by atoms with E-state index in [9.17, 15) is 18.3 Å². The summed E-state index contributed by atoms with van der Waals surface area (Å²) in [6.45, 7) is 2.32. The number of sulfonamides is 1. The van der Waals surface area contributed by atoms with Crippen molar-refractivity contribution < 1.29 is 27.8 Å². The summed E-state index contributed by atoms with van der Waals surface area (Å²) in [5.41, 5.74) is 2.82. The number of carbonyl (C=O) groups excluding carboxylic acids is 1. The fourth-order valence-electron chi connectivity index (χ4n) is 5.48. The first kappa shape index (κ1) is 27.8. The Labute approximate surface area is 234 Å². The van der Waals surface area contributed by atoms with Gasteiger partial charge in [0, 0.05) is 30.0 Å². The lowest BCUT2D eigenvalue weighted by atomic mass is 9.95. The molecule has 2 heterocycles. The molecule has 0 saturated carbocycles. The van der Waals surface area contributed by atoms with E-state index in [1.165, 1.54) is 17.5 Å². The second kappa shape index (κ2) is 11.8. The highest BCUT2D eigenvalue weighted by atomic mass is 32.2. The molecule has 2 atom stereocenters. The van der Waals surface area contributed by atoms with Gasteiger partial charge in [0.25, 0.3) is 0 Å². The van der Waals surface area contributed by atoms with Gasteiger partial charge >= 0.3 is 5.97 Å². The topological polar surface area (TPSA) is 111 Å². The molecule has 4 aromatic rings. The first-order chi connectivity index (χ1) is 19.3. The molecule has 0 spiro atoms. The summed E-state index contributed by atoms with van der Waals surface area (Å²) < 4.78 is 41.8. The van der Waals surface area contributed by atoms with Crippen LogP contribution in [-0.2, 0) is 39.0 Å². The third kappa shape index (κ3) is 5.47. The quantitative estimate of drug-likeness (QED) is 0.293. The van der Waals surface area contributed by atoms with E-state index in [-0.39, 0.29) is 42.3 Å². The van der Waals surface area contributed by atoms with Crippen LogP contribution < -0.4 is 4.74 Å². The summed E-state index contributed by atoms with van der Waals surface area (Å²) in [5.74, 6) is 0.0264. The number of nitrogens with zero attached hydrogens (tertiary/aromatic N) is 3. The van der Waals surface area contributed by atoms with Gasteiger partial charge in [-0.2, -0.15) is 9.40 Å². The monoisotopic (exact) mass is 563 g/mol. The highest BCUT2D eigenvalue weighted by molar-refractivity contribution is 7.89. The van der Waals surface area contributed by atoms with Crippen molar-refractivity contribution in [2.24, 2.45) is 5.92 Å². The minimum absolute atomic E-state index is 0.0220. The molecule has 3 aromatic carbocycles. The van der Waals surface area contributed by atoms with Crippen molar-refractivity contribution in [3.05, 3.63) is 89.6 Å². The Bertz CT molecular complexity index is 1600. The molecule has 0 unspecified atom stereocenters. The van der Waals surface area contributed by atoms with Gasteiger partial charge < -0.3 is 14.6 Å². The van der Waals surface area contributed by atoms with Crippen LogP contribution in [0.25, 0.3) is 10.9 Å². The molecular formula is C30H33N3O6S. The van der Waals surface area contributed by atoms with Crippen LogP contribution in [0, 0.1) is 5.92 Å². The number of para-hydroxylation sites is 1. The molecule has 1 fully saturated rings. The summed E-state index contributed by atoms with van der Waals surface area (Å²) in [6, 6.07) is 22.0. The van der Waals surface area contributed by atoms with E-state index < -0.39 is 16.6 Å². The Morgan fingerprint density at radius 2 is 1.80 bits per heavy atom. The van der Waals surface area contributed by atoms with Gasteiger partial charge in [-0.1, -0.05) is 48.5 Å². The molecule has 9 nitrogen and oxygen atoms in total. The Morgan fingerprint density at radius 3 is 2.52 bits per heavy atom. The van der Waals surface area contributed by atoms with E-state index in [0.29, 0.717) is 30.0 Å². The average molecular weight is 564 g/mol. The van der Waals surface area contributed by atoms with Crippen molar-refractivity contribution in [2.75, 3.05) is 26.8 Å². The zero-order valence-corrected chi connectivity index (χ0v) is 23.4. The van der Waals surface area contributed by atoms with Gasteiger partial charge in [-0.25, -0.2) is 8.42 Å². The maximum atomic E-state index is 14.0. The van der Waals surface area contributed by atoms with Crippen LogP contribution in [0.15, 0.2) is 77.7 Å². The van der Waals surface area contributed by atoms with Crippen LogP contribution in [0.2, 0.25) is 0 Å². The second-order valence-corrected chi connectivity index (χ2v) is 11.8. The number of hydrogen-bond donors (Lipinski definition) is 1. The lowest BCUT2D eigenvalue weighted by molar-refractivity contribution is -0.139. The molecule has 1 saturated heterocycles. The normalized spacial score (nSPS) is 17.8. The number of benzene rings is 3. The Hall–Kier alpha value is -3.73. The van der Waals surface area contributed by atoms with Crippen LogP contribution in [0.3, 0.4) is 0 Å². The number of aromatic nitrogens is 2. The van der Waals surface area contributed by atoms with Gasteiger partial charge in [0.1, 0.15) is 5.75 Å². The van der Waals surface area contributed by atoms with E-state index in [1.54, 1.807) is 12.1 Å². The van der Waals surface area contributed by atoms with Gasteiger partial charge in [0.05, 0.1) is 48.9 Å². The number of rotatable bonds is 10. The number of ether oxygens (including phenoxy) is 2. The van der Waals surface area contributed by atoms with Gasteiger partial charge in [-0.15, -0.1) is 0 Å². The number of hydrogen-bond acceptors (Lipinski definition) is 7. The van der Waals surface area contributed by atoms with Crippen molar-refractivity contribution in [1.29, 1.82) is 0 Å². The molecule has 0 amide bonds. The lowest BCUT2D eigenvalue weighted by Crippen LogP contribution is -2.30. The van der Waals surface area contributed by atoms with E-state index >= 15 is 0 Å². The summed E-state index contributed by atoms with van der Waals surface area (Å²) in [5, 5.41) is 15.7. The summed E-state index contributed by atoms with van der Waals surface area (Å²) in [7, 11) is -2.60. The fraction of sp³-hybridized carbons (Fsp3) is 0.333. The molecule has 1 aromatic heterocycles. The Kier molecular flexibility index (Phi) is 8.20. The predicted molar refractivity (Wildman–Crippen MR) is 150 cm³/mol. The van der Waals surface area contributed by atoms with Crippen LogP contribution in [0.1, 0.15) is 29.8 Å². The number of methoxy groups -OCH3 is 1. The molecule has 10 heteroatoms. The van der Waals surface area contributed by atoms with Crippen molar-refractivity contribution in [3.63, 3.8) is 0 Å². The van der Waals surface area contributed by atoms with Crippen molar-refractivity contribution in [3.8, 4) is 5.75 Å². The second-order valence-electron chi connectivity index (χ2n) is 9.86. The molecule has 1 N–H and O–H groups in total. The van der Waals surface area contributed by atoms with Gasteiger partial charge in [-0.3, -0.25) is 9.48 Å². The van der Waals surface area contributed by atoms with Gasteiger partial charge in [0.2, 0.25) is 10.0 Å². The molecule has 1 aliphatic heterocycles. The largest absolute Gasteiger partial charge is 0.494 e. The minimum atomic E-state index is -3.95. The molecule has 1 aliphatic rings. The maximum absolute atomic E-state index is 14.0. The molecule has 40 heavy (non-hydrogen) atoms. The first-order valence-corrected chi connectivity index (χ1v) is 14.7. The SMILES string of the molecule is CCOc1ccc(S(=O)(=O)N2C[C@@H](Cc3ccccc3)[C@@H](n3nc(CC(=O)OC)c4ccccc43)C2)c(CO)c1. The highest BCUT2D eigenvalue weighted by Crippen LogP contribution is 2.37. The number of carbonyl (C=O) groups is 1. The Balaban J connectivity index is 1.55. The van der Waals surface area contributed by atoms with Crippen LogP contribution >= 0.6 is 0 Å². The molecule has 5 rings (SSSR count). The van der Waals surface area contributed by atoms with E-state index in [2.05, 4.69) is 0 Å². The van der Waals surface area contributed by atoms with Crippen molar-refractivity contribution in [1.82, 2.24) is 14.1 Å². The van der Waals surface area contributed by atoms with Gasteiger partial charge in [0.15, 0.2) is 0 Å². The molecule has 0 radical (unpaired) electrons. The molecule has 210 valence electrons. The third-order valence-corrected chi connectivity index (χ3v) is 9.32. The molecular weight excluding hydrogens is 530 g/mol. The van der Waals surface area contributed by atoms with Gasteiger partial charge in [-0.05, 0) is 43.2 Å². The smallest absolute Gasteiger partial charge is 0.311 e. The Morgan fingerprint density at radius 1 is 1.05 bits per heavy atom. The summed E-state index contributed by atoms with van der Waals surface area (Å²) >= 11 is 0. The standard InChI is InChI=1S/C30H33N3O6S/c1-3-39-24-13-14-29(23(16-24)20-34)40(36,37)32-18-22(15-21-9-5-4-6-10-21)28(19-32)33-27-12-8-7-11-25(27)26(31-33)17-30(35)38-2/h4-14,16,22,28,34H,3,15,17-20H2,1-2H3/t22-,28+/m1/s1. The fourth-order valence-corrected chi connectivity index (χ4v) is 7.19. The zero-order chi connectivity index (χ0) is 28.3. The predicted octanol–water partition coefficient (Wildman–Crippen LogP) is 3.75. The van der Waals surface area contributed by atoms with E-state index in [0.717, 1.165) is 16.5 Å². The highest BCUT2D eigenvalue weighted by Gasteiger charge is 2.42. The van der Waals surface area contributed by atoms with Crippen molar-refractivity contribution >= 4 is 26.9 Å². The van der Waals surface area contributed by atoms with E-state index in [4.69, 9.17) is 14.6 Å². The van der Waals surface area contributed by atoms with Crippen LogP contribution in [-0.4, -0.2) is 60.4 Å². The first-order valence-electron chi connectivity index (χ1n) is 13.3. The van der Waals surface area contributed by atoms with Crippen LogP contribution in [0.5, 0.6) is 5.75 Å². The maximum Gasteiger partial charge on any atom is 0.311 e. The summed E-state index contributed by atoms with van der Waals surface area (Å²) in [6.07, 6.45) is 0.669. The van der Waals surface area contributed by atoms with E-state index in [1.807, 2.05) is 66.2 Å². The zero-order valence-electron chi connectivity index (χ0n) is 22.6. The summed E-state index contributed by atoms with van der Waals surface area (Å²) in [4.78, 5) is 12.2. The average Bonchev–Trinajstić information content (AvgIpc) is 3.55. The third-order valence-electron chi connectivity index (χ3n) is 7.39.